The number of nitrogens with zero attached hydrogens (tertiary/aromatic N) is 1. The summed E-state index contributed by atoms with van der Waals surface area (Å²) >= 11 is 0. The Hall–Kier alpha value is -2.27. The minimum Gasteiger partial charge on any atom is -0.460 e. The molecule has 0 aliphatic carbocycles. The van der Waals surface area contributed by atoms with Gasteiger partial charge in [-0.05, 0) is 54.8 Å². The van der Waals surface area contributed by atoms with E-state index >= 15 is 0 Å². The van der Waals surface area contributed by atoms with Gasteiger partial charge in [0.1, 0.15) is 24.3 Å². The molecule has 0 unspecified atom stereocenters. The Morgan fingerprint density at radius 1 is 0.960 bits per heavy atom. The summed E-state index contributed by atoms with van der Waals surface area (Å²) in [6.07, 6.45) is 2.77. The number of ether oxygens (including phenoxy) is 1. The zero-order valence-corrected chi connectivity index (χ0v) is 14.0. The number of likely N-dealkylation sites (tertiary alicyclic amines) is 1. The molecule has 0 radical (unpaired) electrons. The van der Waals surface area contributed by atoms with Crippen molar-refractivity contribution in [1.82, 2.24) is 4.90 Å². The van der Waals surface area contributed by atoms with Gasteiger partial charge in [-0.2, -0.15) is 0 Å². The van der Waals surface area contributed by atoms with Crippen LogP contribution in [0.25, 0.3) is 0 Å². The highest BCUT2D eigenvalue weighted by molar-refractivity contribution is 5.75. The molecule has 132 valence electrons. The van der Waals surface area contributed by atoms with E-state index in [1.165, 1.54) is 24.3 Å². The molecule has 0 saturated carbocycles. The lowest BCUT2D eigenvalue weighted by molar-refractivity contribution is -0.153. The van der Waals surface area contributed by atoms with Crippen molar-refractivity contribution in [2.45, 2.75) is 38.5 Å². The zero-order valence-electron chi connectivity index (χ0n) is 14.0. The van der Waals surface area contributed by atoms with E-state index < -0.39 is 0 Å². The highest BCUT2D eigenvalue weighted by Gasteiger charge is 2.29. The maximum atomic E-state index is 13.0. The standard InChI is InChI=1S/C20H21F2NO2/c21-17-8-4-15(5-9-17)13-23-12-2-1-3-19(23)20(24)25-14-16-6-10-18(22)11-7-16/h4-11,19H,1-3,12-14H2/t19-/m0/s1. The highest BCUT2D eigenvalue weighted by Crippen LogP contribution is 2.21. The molecule has 0 aromatic heterocycles. The maximum absolute atomic E-state index is 13.0. The van der Waals surface area contributed by atoms with Crippen LogP contribution < -0.4 is 0 Å². The predicted octanol–water partition coefficient (Wildman–Crippen LogP) is 4.06. The van der Waals surface area contributed by atoms with E-state index in [0.717, 1.165) is 36.9 Å². The summed E-state index contributed by atoms with van der Waals surface area (Å²) in [5.74, 6) is -0.836. The van der Waals surface area contributed by atoms with Gasteiger partial charge in [-0.1, -0.05) is 30.7 Å². The molecule has 1 fully saturated rings. The Labute approximate surface area is 146 Å². The molecule has 1 aliphatic heterocycles. The molecule has 0 N–H and O–H groups in total. The van der Waals surface area contributed by atoms with Gasteiger partial charge < -0.3 is 4.74 Å². The van der Waals surface area contributed by atoms with E-state index in [1.54, 1.807) is 24.3 Å². The normalized spacial score (nSPS) is 18.1. The van der Waals surface area contributed by atoms with Gasteiger partial charge in [-0.15, -0.1) is 0 Å². The molecular weight excluding hydrogens is 324 g/mol. The Kier molecular flexibility index (Phi) is 5.76. The second-order valence-electron chi connectivity index (χ2n) is 6.34. The fraction of sp³-hybridized carbons (Fsp3) is 0.350. The summed E-state index contributed by atoms with van der Waals surface area (Å²) in [6.45, 7) is 1.55. The third-order valence-corrected chi connectivity index (χ3v) is 4.48. The second kappa shape index (κ2) is 8.21. The van der Waals surface area contributed by atoms with Crippen molar-refractivity contribution < 1.29 is 18.3 Å². The number of esters is 1. The van der Waals surface area contributed by atoms with Crippen molar-refractivity contribution >= 4 is 5.97 Å². The lowest BCUT2D eigenvalue weighted by Crippen LogP contribution is -2.44. The van der Waals surface area contributed by atoms with Crippen LogP contribution in [0, 0.1) is 11.6 Å². The Morgan fingerprint density at radius 2 is 1.56 bits per heavy atom. The number of benzene rings is 2. The number of hydrogen-bond donors (Lipinski definition) is 0. The van der Waals surface area contributed by atoms with Crippen LogP contribution in [0.3, 0.4) is 0 Å². The van der Waals surface area contributed by atoms with E-state index in [1.807, 2.05) is 0 Å². The fourth-order valence-corrected chi connectivity index (χ4v) is 3.10. The first-order valence-corrected chi connectivity index (χ1v) is 8.51. The van der Waals surface area contributed by atoms with E-state index in [4.69, 9.17) is 4.74 Å². The first kappa shape index (κ1) is 17.5. The first-order valence-electron chi connectivity index (χ1n) is 8.51. The maximum Gasteiger partial charge on any atom is 0.323 e. The monoisotopic (exact) mass is 345 g/mol. The third-order valence-electron chi connectivity index (χ3n) is 4.48. The Balaban J connectivity index is 1.60. The number of piperidine rings is 1. The predicted molar refractivity (Wildman–Crippen MR) is 90.6 cm³/mol. The van der Waals surface area contributed by atoms with E-state index in [0.29, 0.717) is 6.54 Å². The van der Waals surface area contributed by atoms with Crippen LogP contribution >= 0.6 is 0 Å². The van der Waals surface area contributed by atoms with Gasteiger partial charge in [0.15, 0.2) is 0 Å². The molecule has 1 heterocycles. The SMILES string of the molecule is O=C(OCc1ccc(F)cc1)[C@@H]1CCCCN1Cc1ccc(F)cc1. The molecule has 3 nitrogen and oxygen atoms in total. The number of halogens is 2. The summed E-state index contributed by atoms with van der Waals surface area (Å²) in [7, 11) is 0. The van der Waals surface area contributed by atoms with Crippen LogP contribution in [0.1, 0.15) is 30.4 Å². The van der Waals surface area contributed by atoms with Crippen LogP contribution in [-0.4, -0.2) is 23.5 Å². The van der Waals surface area contributed by atoms with E-state index in [-0.39, 0.29) is 30.3 Å². The average Bonchev–Trinajstić information content (AvgIpc) is 2.63. The van der Waals surface area contributed by atoms with Crippen molar-refractivity contribution in [2.75, 3.05) is 6.54 Å². The van der Waals surface area contributed by atoms with Gasteiger partial charge in [0, 0.05) is 6.54 Å². The topological polar surface area (TPSA) is 29.5 Å². The quantitative estimate of drug-likeness (QED) is 0.765. The molecule has 2 aromatic rings. The van der Waals surface area contributed by atoms with E-state index in [2.05, 4.69) is 4.90 Å². The molecule has 0 amide bonds. The molecule has 2 aromatic carbocycles. The Morgan fingerprint density at radius 3 is 2.20 bits per heavy atom. The molecule has 0 bridgehead atoms. The smallest absolute Gasteiger partial charge is 0.323 e. The molecular formula is C20H21F2NO2. The third kappa shape index (κ3) is 4.86. The summed E-state index contributed by atoms with van der Waals surface area (Å²) in [5, 5.41) is 0. The zero-order chi connectivity index (χ0) is 17.6. The van der Waals surface area contributed by atoms with Gasteiger partial charge in [-0.25, -0.2) is 8.78 Å². The largest absolute Gasteiger partial charge is 0.460 e. The second-order valence-corrected chi connectivity index (χ2v) is 6.34. The number of hydrogen-bond acceptors (Lipinski definition) is 3. The van der Waals surface area contributed by atoms with Crippen LogP contribution in [0.2, 0.25) is 0 Å². The van der Waals surface area contributed by atoms with Gasteiger partial charge in [0.2, 0.25) is 0 Å². The molecule has 3 rings (SSSR count). The molecule has 1 aliphatic rings. The van der Waals surface area contributed by atoms with E-state index in [9.17, 15) is 13.6 Å². The number of rotatable bonds is 5. The van der Waals surface area contributed by atoms with Crippen LogP contribution in [-0.2, 0) is 22.7 Å². The molecule has 25 heavy (non-hydrogen) atoms. The van der Waals surface area contributed by atoms with Gasteiger partial charge in [-0.3, -0.25) is 9.69 Å². The van der Waals surface area contributed by atoms with Crippen molar-refractivity contribution in [3.8, 4) is 0 Å². The summed E-state index contributed by atoms with van der Waals surface area (Å²) in [4.78, 5) is 14.6. The van der Waals surface area contributed by atoms with Gasteiger partial charge >= 0.3 is 5.97 Å². The fourth-order valence-electron chi connectivity index (χ4n) is 3.10. The average molecular weight is 345 g/mol. The minimum atomic E-state index is -0.312. The number of carbonyl (C=O) groups excluding carboxylic acids is 1. The van der Waals surface area contributed by atoms with Gasteiger partial charge in [0.25, 0.3) is 0 Å². The lowest BCUT2D eigenvalue weighted by Gasteiger charge is -2.34. The molecule has 0 spiro atoms. The lowest BCUT2D eigenvalue weighted by atomic mass is 10.0. The van der Waals surface area contributed by atoms with Crippen molar-refractivity contribution in [3.63, 3.8) is 0 Å². The Bertz CT molecular complexity index is 701. The highest BCUT2D eigenvalue weighted by atomic mass is 19.1. The van der Waals surface area contributed by atoms with Crippen LogP contribution in [0.15, 0.2) is 48.5 Å². The summed E-state index contributed by atoms with van der Waals surface area (Å²) < 4.78 is 31.4. The molecule has 1 atom stereocenters. The first-order chi connectivity index (χ1) is 12.1. The molecule has 5 heteroatoms. The van der Waals surface area contributed by atoms with Crippen molar-refractivity contribution in [1.29, 1.82) is 0 Å². The van der Waals surface area contributed by atoms with Gasteiger partial charge in [0.05, 0.1) is 0 Å². The summed E-state index contributed by atoms with van der Waals surface area (Å²) in [6, 6.07) is 12.0. The number of carbonyl (C=O) groups is 1. The van der Waals surface area contributed by atoms with Crippen LogP contribution in [0.4, 0.5) is 8.78 Å². The van der Waals surface area contributed by atoms with Crippen molar-refractivity contribution in [3.05, 3.63) is 71.3 Å². The van der Waals surface area contributed by atoms with Crippen molar-refractivity contribution in [2.24, 2.45) is 0 Å². The van der Waals surface area contributed by atoms with Crippen LogP contribution in [0.5, 0.6) is 0 Å². The summed E-state index contributed by atoms with van der Waals surface area (Å²) in [5.41, 5.74) is 1.73. The molecule has 1 saturated heterocycles. The minimum absolute atomic E-state index is 0.139.